The molecule has 3 N–H and O–H groups in total. The number of aromatic nitrogens is 2. The first kappa shape index (κ1) is 22.4. The number of carbonyl (C=O) groups excluding carboxylic acids is 1. The van der Waals surface area contributed by atoms with Crippen molar-refractivity contribution in [2.45, 2.75) is 12.7 Å². The van der Waals surface area contributed by atoms with Crippen molar-refractivity contribution in [3.8, 4) is 16.9 Å². The highest BCUT2D eigenvalue weighted by Gasteiger charge is 2.19. The lowest BCUT2D eigenvalue weighted by Gasteiger charge is -2.07. The van der Waals surface area contributed by atoms with Gasteiger partial charge in [0.1, 0.15) is 11.5 Å². The molecule has 33 heavy (non-hydrogen) atoms. The summed E-state index contributed by atoms with van der Waals surface area (Å²) in [7, 11) is -3.64. The van der Waals surface area contributed by atoms with Gasteiger partial charge in [0, 0.05) is 17.4 Å². The number of sulfonamides is 1. The normalized spacial score (nSPS) is 11.4. The van der Waals surface area contributed by atoms with E-state index in [0.717, 1.165) is 11.1 Å². The van der Waals surface area contributed by atoms with Gasteiger partial charge in [-0.15, -0.1) is 0 Å². The van der Waals surface area contributed by atoms with Crippen LogP contribution in [0.5, 0.6) is 0 Å². The smallest absolute Gasteiger partial charge is 0.259 e. The first-order valence-corrected chi connectivity index (χ1v) is 11.7. The van der Waals surface area contributed by atoms with Gasteiger partial charge >= 0.3 is 0 Å². The van der Waals surface area contributed by atoms with Crippen LogP contribution in [0.4, 0.5) is 10.1 Å². The van der Waals surface area contributed by atoms with Crippen molar-refractivity contribution < 1.29 is 17.6 Å². The van der Waals surface area contributed by atoms with Gasteiger partial charge in [-0.2, -0.15) is 5.10 Å². The summed E-state index contributed by atoms with van der Waals surface area (Å²) in [5.41, 5.74) is 4.25. The predicted octanol–water partition coefficient (Wildman–Crippen LogP) is 4.03. The lowest BCUT2D eigenvalue weighted by molar-refractivity contribution is 0.102. The quantitative estimate of drug-likeness (QED) is 0.449. The molecule has 0 spiro atoms. The zero-order chi connectivity index (χ0) is 23.6. The predicted molar refractivity (Wildman–Crippen MR) is 125 cm³/mol. The molecule has 0 bridgehead atoms. The van der Waals surface area contributed by atoms with E-state index in [1.54, 1.807) is 42.6 Å². The molecule has 0 radical (unpaired) electrons. The second-order valence-electron chi connectivity index (χ2n) is 7.64. The Morgan fingerprint density at radius 2 is 1.64 bits per heavy atom. The number of aryl methyl sites for hydroxylation is 1. The number of halogens is 1. The monoisotopic (exact) mass is 464 g/mol. The average Bonchev–Trinajstić information content (AvgIpc) is 3.21. The summed E-state index contributed by atoms with van der Waals surface area (Å²) in [5.74, 6) is -1.05. The van der Waals surface area contributed by atoms with Gasteiger partial charge in [0.15, 0.2) is 0 Å². The van der Waals surface area contributed by atoms with Crippen molar-refractivity contribution in [3.05, 3.63) is 102 Å². The molecule has 0 saturated heterocycles. The second-order valence-corrected chi connectivity index (χ2v) is 9.25. The highest BCUT2D eigenvalue weighted by molar-refractivity contribution is 7.88. The van der Waals surface area contributed by atoms with Crippen LogP contribution in [0.2, 0.25) is 0 Å². The van der Waals surface area contributed by atoms with Crippen molar-refractivity contribution in [2.24, 2.45) is 5.14 Å². The largest absolute Gasteiger partial charge is 0.322 e. The molecule has 9 heteroatoms. The highest BCUT2D eigenvalue weighted by atomic mass is 32.2. The molecule has 7 nitrogen and oxygen atoms in total. The first-order valence-electron chi connectivity index (χ1n) is 10.0. The lowest BCUT2D eigenvalue weighted by atomic mass is 10.1. The van der Waals surface area contributed by atoms with Crippen LogP contribution in [0.3, 0.4) is 0 Å². The van der Waals surface area contributed by atoms with E-state index in [4.69, 9.17) is 5.14 Å². The van der Waals surface area contributed by atoms with Crippen LogP contribution < -0.4 is 10.5 Å². The molecule has 0 aliphatic heterocycles. The number of hydrogen-bond acceptors (Lipinski definition) is 4. The van der Waals surface area contributed by atoms with E-state index < -0.39 is 15.9 Å². The molecule has 0 aliphatic rings. The molecule has 1 aromatic heterocycles. The Balaban J connectivity index is 1.66. The van der Waals surface area contributed by atoms with Crippen LogP contribution in [0.25, 0.3) is 16.9 Å². The lowest BCUT2D eigenvalue weighted by Crippen LogP contribution is -2.15. The molecule has 0 saturated carbocycles. The SMILES string of the molecule is Cc1ccc(-c2nn(-c3ccc(F)cc3)cc2C(=O)Nc2ccc(CS(N)(=O)=O)cc2)cc1. The number of rotatable bonds is 6. The molecule has 0 unspecified atom stereocenters. The molecule has 1 amide bonds. The molecule has 168 valence electrons. The van der Waals surface area contributed by atoms with E-state index in [1.807, 2.05) is 31.2 Å². The molecule has 0 atom stereocenters. The van der Waals surface area contributed by atoms with Gasteiger partial charge < -0.3 is 5.32 Å². The van der Waals surface area contributed by atoms with Gasteiger partial charge in [-0.25, -0.2) is 22.6 Å². The Morgan fingerprint density at radius 3 is 2.24 bits per heavy atom. The highest BCUT2D eigenvalue weighted by Crippen LogP contribution is 2.25. The van der Waals surface area contributed by atoms with E-state index in [0.29, 0.717) is 28.2 Å². The maximum Gasteiger partial charge on any atom is 0.259 e. The average molecular weight is 465 g/mol. The summed E-state index contributed by atoms with van der Waals surface area (Å²) in [6.07, 6.45) is 1.59. The van der Waals surface area contributed by atoms with Crippen molar-refractivity contribution in [3.63, 3.8) is 0 Å². The Morgan fingerprint density at radius 1 is 1.00 bits per heavy atom. The molecule has 4 aromatic rings. The standard InChI is InChI=1S/C24H21FN4O3S/c1-16-2-6-18(7-3-16)23-22(14-29(28-23)21-12-8-19(25)9-13-21)24(30)27-20-10-4-17(5-11-20)15-33(26,31)32/h2-14H,15H2,1H3,(H,27,30)(H2,26,31,32). The van der Waals surface area contributed by atoms with Gasteiger partial charge in [-0.1, -0.05) is 42.0 Å². The summed E-state index contributed by atoms with van der Waals surface area (Å²) < 4.78 is 37.4. The third-order valence-electron chi connectivity index (χ3n) is 4.95. The zero-order valence-electron chi connectivity index (χ0n) is 17.7. The minimum absolute atomic E-state index is 0.288. The van der Waals surface area contributed by atoms with Gasteiger partial charge in [0.25, 0.3) is 5.91 Å². The van der Waals surface area contributed by atoms with Gasteiger partial charge in [0.05, 0.1) is 17.0 Å². The second kappa shape index (κ2) is 8.97. The van der Waals surface area contributed by atoms with E-state index in [9.17, 15) is 17.6 Å². The third kappa shape index (κ3) is 5.51. The summed E-state index contributed by atoms with van der Waals surface area (Å²) in [6.45, 7) is 1.97. The fourth-order valence-corrected chi connectivity index (χ4v) is 3.96. The van der Waals surface area contributed by atoms with Crippen LogP contribution >= 0.6 is 0 Å². The van der Waals surface area contributed by atoms with Crippen LogP contribution in [0.15, 0.2) is 79.0 Å². The van der Waals surface area contributed by atoms with Crippen LogP contribution in [-0.2, 0) is 15.8 Å². The van der Waals surface area contributed by atoms with Crippen molar-refractivity contribution in [2.75, 3.05) is 5.32 Å². The number of amides is 1. The number of benzene rings is 3. The fraction of sp³-hybridized carbons (Fsp3) is 0.0833. The Kier molecular flexibility index (Phi) is 6.08. The molecule has 0 aliphatic carbocycles. The fourth-order valence-electron chi connectivity index (χ4n) is 3.31. The number of primary sulfonamides is 1. The Labute approximate surface area is 190 Å². The molecule has 3 aromatic carbocycles. The summed E-state index contributed by atoms with van der Waals surface area (Å²) >= 11 is 0. The third-order valence-corrected chi connectivity index (χ3v) is 5.69. The van der Waals surface area contributed by atoms with Crippen LogP contribution in [0.1, 0.15) is 21.5 Å². The van der Waals surface area contributed by atoms with Gasteiger partial charge in [0.2, 0.25) is 10.0 Å². The van der Waals surface area contributed by atoms with Crippen molar-refractivity contribution in [1.29, 1.82) is 0 Å². The zero-order valence-corrected chi connectivity index (χ0v) is 18.5. The van der Waals surface area contributed by atoms with E-state index in [2.05, 4.69) is 10.4 Å². The van der Waals surface area contributed by atoms with Crippen LogP contribution in [-0.4, -0.2) is 24.1 Å². The summed E-state index contributed by atoms with van der Waals surface area (Å²) in [4.78, 5) is 13.1. The molecule has 4 rings (SSSR count). The number of carbonyl (C=O) groups is 1. The minimum atomic E-state index is -3.64. The summed E-state index contributed by atoms with van der Waals surface area (Å²) in [6, 6.07) is 19.8. The van der Waals surface area contributed by atoms with E-state index >= 15 is 0 Å². The minimum Gasteiger partial charge on any atom is -0.322 e. The Hall–Kier alpha value is -3.82. The molecule has 0 fully saturated rings. The number of nitrogens with two attached hydrogens (primary N) is 1. The van der Waals surface area contributed by atoms with Crippen LogP contribution in [0, 0.1) is 12.7 Å². The van der Waals surface area contributed by atoms with E-state index in [-0.39, 0.29) is 11.6 Å². The number of hydrogen-bond donors (Lipinski definition) is 2. The number of nitrogens with one attached hydrogen (secondary N) is 1. The van der Waals surface area contributed by atoms with Crippen molar-refractivity contribution >= 4 is 21.6 Å². The molecule has 1 heterocycles. The van der Waals surface area contributed by atoms with Crippen molar-refractivity contribution in [1.82, 2.24) is 9.78 Å². The van der Waals surface area contributed by atoms with Gasteiger partial charge in [-0.05, 0) is 48.9 Å². The van der Waals surface area contributed by atoms with E-state index in [1.165, 1.54) is 16.8 Å². The summed E-state index contributed by atoms with van der Waals surface area (Å²) in [5, 5.41) is 12.5. The number of anilines is 1. The maximum atomic E-state index is 13.3. The van der Waals surface area contributed by atoms with Gasteiger partial charge in [-0.3, -0.25) is 4.79 Å². The Bertz CT molecular complexity index is 1400. The number of nitrogens with zero attached hydrogens (tertiary/aromatic N) is 2. The maximum absolute atomic E-state index is 13.3. The molecular formula is C24H21FN4O3S. The molecular weight excluding hydrogens is 443 g/mol. The topological polar surface area (TPSA) is 107 Å². The first-order chi connectivity index (χ1) is 15.7.